The third-order valence-electron chi connectivity index (χ3n) is 5.06. The van der Waals surface area contributed by atoms with Gasteiger partial charge in [0.1, 0.15) is 12.2 Å². The van der Waals surface area contributed by atoms with Crippen LogP contribution in [0.4, 0.5) is 0 Å². The Balaban J connectivity index is 1.80. The lowest BCUT2D eigenvalue weighted by Crippen LogP contribution is -2.37. The number of rotatable bonds is 6. The standard InChI is InChI=1S/C24H22O10/c1-12(25)30-11-21-23(15-8-19(28-3)24(31-13(2)26)20(9-15)29-4)34-18-10-16-14(7-17(18)32-21)5-6-22(27)33-16/h5-10,21,23H,11H2,1-4H3/t21-,23-/m1/s1. The zero-order chi connectivity index (χ0) is 24.4. The predicted octanol–water partition coefficient (Wildman–Crippen LogP) is 3.18. The van der Waals surface area contributed by atoms with Gasteiger partial charge in [-0.05, 0) is 24.3 Å². The first-order valence-corrected chi connectivity index (χ1v) is 10.3. The molecule has 1 aromatic heterocycles. The summed E-state index contributed by atoms with van der Waals surface area (Å²) in [6.07, 6.45) is -1.52. The molecule has 10 nitrogen and oxygen atoms in total. The van der Waals surface area contributed by atoms with Crippen molar-refractivity contribution in [2.24, 2.45) is 0 Å². The van der Waals surface area contributed by atoms with Crippen molar-refractivity contribution in [2.45, 2.75) is 26.1 Å². The zero-order valence-electron chi connectivity index (χ0n) is 18.9. The van der Waals surface area contributed by atoms with Gasteiger partial charge in [0, 0.05) is 36.9 Å². The molecule has 0 aliphatic carbocycles. The first kappa shape index (κ1) is 23.0. The number of hydrogen-bond donors (Lipinski definition) is 0. The van der Waals surface area contributed by atoms with Gasteiger partial charge in [0.05, 0.1) is 14.2 Å². The summed E-state index contributed by atoms with van der Waals surface area (Å²) >= 11 is 0. The molecule has 4 rings (SSSR count). The lowest BCUT2D eigenvalue weighted by Gasteiger charge is -2.34. The number of carbonyl (C=O) groups excluding carboxylic acids is 2. The Morgan fingerprint density at radius 2 is 1.59 bits per heavy atom. The van der Waals surface area contributed by atoms with E-state index in [9.17, 15) is 14.4 Å². The van der Waals surface area contributed by atoms with E-state index in [2.05, 4.69) is 0 Å². The molecule has 0 N–H and O–H groups in total. The Morgan fingerprint density at radius 3 is 2.21 bits per heavy atom. The quantitative estimate of drug-likeness (QED) is 0.302. The van der Waals surface area contributed by atoms with Gasteiger partial charge in [0.15, 0.2) is 35.2 Å². The van der Waals surface area contributed by atoms with Crippen LogP contribution in [0.3, 0.4) is 0 Å². The minimum Gasteiger partial charge on any atom is -0.493 e. The molecule has 3 aromatic rings. The monoisotopic (exact) mass is 470 g/mol. The van der Waals surface area contributed by atoms with Gasteiger partial charge in [-0.2, -0.15) is 0 Å². The van der Waals surface area contributed by atoms with Crippen molar-refractivity contribution < 1.29 is 42.4 Å². The summed E-state index contributed by atoms with van der Waals surface area (Å²) in [4.78, 5) is 34.7. The molecular weight excluding hydrogens is 448 g/mol. The number of esters is 2. The molecule has 0 fully saturated rings. The van der Waals surface area contributed by atoms with Crippen LogP contribution in [0.1, 0.15) is 25.5 Å². The van der Waals surface area contributed by atoms with Gasteiger partial charge >= 0.3 is 17.6 Å². The average Bonchev–Trinajstić information content (AvgIpc) is 2.80. The maximum atomic E-state index is 11.6. The van der Waals surface area contributed by atoms with Crippen LogP contribution >= 0.6 is 0 Å². The lowest BCUT2D eigenvalue weighted by molar-refractivity contribution is -0.145. The molecule has 2 aromatic carbocycles. The summed E-state index contributed by atoms with van der Waals surface area (Å²) in [7, 11) is 2.84. The molecule has 10 heteroatoms. The predicted molar refractivity (Wildman–Crippen MR) is 118 cm³/mol. The number of hydrogen-bond acceptors (Lipinski definition) is 10. The van der Waals surface area contributed by atoms with Crippen molar-refractivity contribution >= 4 is 22.9 Å². The number of carbonyl (C=O) groups is 2. The molecule has 0 radical (unpaired) electrons. The molecule has 0 spiro atoms. The van der Waals surface area contributed by atoms with Crippen LogP contribution in [0.25, 0.3) is 11.0 Å². The summed E-state index contributed by atoms with van der Waals surface area (Å²) in [5.41, 5.74) is 0.374. The van der Waals surface area contributed by atoms with E-state index in [1.165, 1.54) is 34.1 Å². The van der Waals surface area contributed by atoms with Crippen molar-refractivity contribution in [3.63, 3.8) is 0 Å². The molecule has 0 amide bonds. The Bertz CT molecular complexity index is 1280. The normalized spacial score (nSPS) is 16.6. The molecular formula is C24H22O10. The summed E-state index contributed by atoms with van der Waals surface area (Å²) in [6, 6.07) is 9.38. The van der Waals surface area contributed by atoms with Crippen LogP contribution in [0.5, 0.6) is 28.7 Å². The summed E-state index contributed by atoms with van der Waals surface area (Å²) in [5.74, 6) is 0.274. The Kier molecular flexibility index (Phi) is 6.31. The van der Waals surface area contributed by atoms with Gasteiger partial charge < -0.3 is 32.8 Å². The smallest absolute Gasteiger partial charge is 0.336 e. The number of ether oxygens (including phenoxy) is 6. The van der Waals surface area contributed by atoms with Gasteiger partial charge in [0.25, 0.3) is 0 Å². The molecule has 1 aliphatic rings. The molecule has 0 bridgehead atoms. The molecule has 0 saturated carbocycles. The van der Waals surface area contributed by atoms with E-state index in [0.717, 1.165) is 0 Å². The van der Waals surface area contributed by atoms with E-state index in [4.69, 9.17) is 32.8 Å². The second-order valence-electron chi connectivity index (χ2n) is 7.44. The molecule has 1 aliphatic heterocycles. The van der Waals surface area contributed by atoms with Crippen LogP contribution in [0.15, 0.2) is 45.6 Å². The van der Waals surface area contributed by atoms with Crippen LogP contribution < -0.4 is 29.3 Å². The zero-order valence-corrected chi connectivity index (χ0v) is 18.9. The second kappa shape index (κ2) is 9.34. The highest BCUT2D eigenvalue weighted by molar-refractivity contribution is 5.81. The number of methoxy groups -OCH3 is 2. The molecule has 2 atom stereocenters. The maximum absolute atomic E-state index is 11.6. The first-order chi connectivity index (χ1) is 16.3. The summed E-state index contributed by atoms with van der Waals surface area (Å²) in [5, 5.41) is 0.640. The Labute approximate surface area is 193 Å². The fraction of sp³-hybridized carbons (Fsp3) is 0.292. The van der Waals surface area contributed by atoms with E-state index in [1.807, 2.05) is 0 Å². The fourth-order valence-electron chi connectivity index (χ4n) is 3.61. The Hall–Kier alpha value is -4.21. The van der Waals surface area contributed by atoms with Crippen molar-refractivity contribution in [1.82, 2.24) is 0 Å². The summed E-state index contributed by atoms with van der Waals surface area (Å²) < 4.78 is 38.9. The van der Waals surface area contributed by atoms with Gasteiger partial charge in [-0.1, -0.05) is 0 Å². The van der Waals surface area contributed by atoms with Gasteiger partial charge in [-0.15, -0.1) is 0 Å². The van der Waals surface area contributed by atoms with Crippen molar-refractivity contribution in [2.75, 3.05) is 20.8 Å². The van der Waals surface area contributed by atoms with E-state index in [1.54, 1.807) is 30.3 Å². The minimum absolute atomic E-state index is 0.0995. The van der Waals surface area contributed by atoms with Gasteiger partial charge in [-0.25, -0.2) is 4.79 Å². The molecule has 0 unspecified atom stereocenters. The van der Waals surface area contributed by atoms with E-state index in [-0.39, 0.29) is 23.9 Å². The SMILES string of the molecule is COc1cc([C@H]2Oc3cc4oc(=O)ccc4cc3O[C@@H]2COC(C)=O)cc(OC)c1OC(C)=O. The largest absolute Gasteiger partial charge is 0.493 e. The second-order valence-corrected chi connectivity index (χ2v) is 7.44. The Morgan fingerprint density at radius 1 is 0.912 bits per heavy atom. The van der Waals surface area contributed by atoms with Crippen LogP contribution in [-0.2, 0) is 14.3 Å². The van der Waals surface area contributed by atoms with E-state index < -0.39 is 29.8 Å². The first-order valence-electron chi connectivity index (χ1n) is 10.3. The maximum Gasteiger partial charge on any atom is 0.336 e. The van der Waals surface area contributed by atoms with E-state index >= 15 is 0 Å². The van der Waals surface area contributed by atoms with Crippen molar-refractivity contribution in [3.8, 4) is 28.7 Å². The highest BCUT2D eigenvalue weighted by atomic mass is 16.6. The number of fused-ring (bicyclic) bond motifs is 2. The third kappa shape index (κ3) is 4.61. The lowest BCUT2D eigenvalue weighted by atomic mass is 10.0. The molecule has 2 heterocycles. The highest BCUT2D eigenvalue weighted by Crippen LogP contribution is 2.46. The molecule has 0 saturated heterocycles. The van der Waals surface area contributed by atoms with Crippen molar-refractivity contribution in [1.29, 1.82) is 0 Å². The van der Waals surface area contributed by atoms with Crippen molar-refractivity contribution in [3.05, 3.63) is 52.4 Å². The molecule has 178 valence electrons. The number of benzene rings is 2. The van der Waals surface area contributed by atoms with Crippen LogP contribution in [0, 0.1) is 0 Å². The van der Waals surface area contributed by atoms with Gasteiger partial charge in [0.2, 0.25) is 5.75 Å². The van der Waals surface area contributed by atoms with E-state index in [0.29, 0.717) is 28.0 Å². The average molecular weight is 470 g/mol. The third-order valence-corrected chi connectivity index (χ3v) is 5.06. The fourth-order valence-corrected chi connectivity index (χ4v) is 3.61. The summed E-state index contributed by atoms with van der Waals surface area (Å²) in [6.45, 7) is 2.46. The van der Waals surface area contributed by atoms with Crippen LogP contribution in [-0.4, -0.2) is 38.9 Å². The topological polar surface area (TPSA) is 120 Å². The minimum atomic E-state index is -0.783. The van der Waals surface area contributed by atoms with Crippen LogP contribution in [0.2, 0.25) is 0 Å². The highest BCUT2D eigenvalue weighted by Gasteiger charge is 2.36. The molecule has 34 heavy (non-hydrogen) atoms. The van der Waals surface area contributed by atoms with Gasteiger partial charge in [-0.3, -0.25) is 9.59 Å².